The Morgan fingerprint density at radius 3 is 1.22 bits per heavy atom. The largest absolute Gasteiger partial charge is 0.310 e. The van der Waals surface area contributed by atoms with E-state index >= 15 is 0 Å². The highest BCUT2D eigenvalue weighted by Crippen LogP contribution is 2.57. The molecule has 10 rings (SSSR count). The van der Waals surface area contributed by atoms with Gasteiger partial charge in [-0.1, -0.05) is 164 Å². The summed E-state index contributed by atoms with van der Waals surface area (Å²) in [7, 11) is 0. The van der Waals surface area contributed by atoms with Gasteiger partial charge in [-0.2, -0.15) is 0 Å². The van der Waals surface area contributed by atoms with E-state index in [1.54, 1.807) is 0 Å². The topological polar surface area (TPSA) is 6.48 Å². The first kappa shape index (κ1) is 32.5. The van der Waals surface area contributed by atoms with E-state index in [-0.39, 0.29) is 0 Å². The Hall–Kier alpha value is -7.16. The zero-order chi connectivity index (χ0) is 36.6. The molecular formula is C53H38N2. The highest BCUT2D eigenvalue weighted by Gasteiger charge is 2.45. The summed E-state index contributed by atoms with van der Waals surface area (Å²) in [6, 6.07) is 83.8. The number of fused-ring (bicyclic) bond motifs is 2. The molecule has 0 fully saturated rings. The minimum atomic E-state index is -0.623. The van der Waals surface area contributed by atoms with E-state index in [2.05, 4.69) is 240 Å². The molecule has 0 amide bonds. The summed E-state index contributed by atoms with van der Waals surface area (Å²) in [5.74, 6) is 0. The van der Waals surface area contributed by atoms with Crippen LogP contribution < -0.4 is 9.80 Å². The number of hydrogen-bond donors (Lipinski definition) is 0. The molecule has 2 nitrogen and oxygen atoms in total. The molecule has 0 aliphatic heterocycles. The van der Waals surface area contributed by atoms with Gasteiger partial charge in [0.05, 0.1) is 11.1 Å². The van der Waals surface area contributed by atoms with Gasteiger partial charge in [-0.05, 0) is 105 Å². The van der Waals surface area contributed by atoms with Crippen molar-refractivity contribution in [3.8, 4) is 11.1 Å². The minimum Gasteiger partial charge on any atom is -0.310 e. The zero-order valence-corrected chi connectivity index (χ0v) is 30.3. The molecule has 0 unspecified atom stereocenters. The van der Waals surface area contributed by atoms with E-state index < -0.39 is 5.41 Å². The number of nitrogens with zero attached hydrogens (tertiary/aromatic N) is 2. The second-order valence-corrected chi connectivity index (χ2v) is 14.1. The van der Waals surface area contributed by atoms with Crippen molar-refractivity contribution in [1.29, 1.82) is 0 Å². The number of rotatable bonds is 8. The monoisotopic (exact) mass is 702 g/mol. The van der Waals surface area contributed by atoms with E-state index in [0.29, 0.717) is 0 Å². The fourth-order valence-corrected chi connectivity index (χ4v) is 8.83. The van der Waals surface area contributed by atoms with Gasteiger partial charge >= 0.3 is 0 Å². The minimum absolute atomic E-state index is 0.623. The van der Waals surface area contributed by atoms with Crippen molar-refractivity contribution in [3.63, 3.8) is 0 Å². The van der Waals surface area contributed by atoms with Gasteiger partial charge in [-0.25, -0.2) is 0 Å². The molecule has 55 heavy (non-hydrogen) atoms. The van der Waals surface area contributed by atoms with E-state index in [0.717, 1.165) is 34.1 Å². The molecule has 0 saturated carbocycles. The van der Waals surface area contributed by atoms with Crippen LogP contribution in [0.4, 0.5) is 34.1 Å². The summed E-state index contributed by atoms with van der Waals surface area (Å²) < 4.78 is 0. The predicted octanol–water partition coefficient (Wildman–Crippen LogP) is 14.1. The molecule has 0 heterocycles. The Bertz CT molecular complexity index is 2610. The summed E-state index contributed by atoms with van der Waals surface area (Å²) in [6.07, 6.45) is 0. The number of benzene rings is 9. The lowest BCUT2D eigenvalue weighted by Crippen LogP contribution is -2.34. The lowest BCUT2D eigenvalue weighted by Gasteiger charge is -2.43. The summed E-state index contributed by atoms with van der Waals surface area (Å²) >= 11 is 0. The van der Waals surface area contributed by atoms with Gasteiger partial charge in [0.2, 0.25) is 0 Å². The lowest BCUT2D eigenvalue weighted by atomic mass is 9.59. The van der Waals surface area contributed by atoms with Crippen molar-refractivity contribution in [1.82, 2.24) is 0 Å². The van der Waals surface area contributed by atoms with Gasteiger partial charge in [0.15, 0.2) is 0 Å². The van der Waals surface area contributed by atoms with E-state index in [9.17, 15) is 0 Å². The fourth-order valence-electron chi connectivity index (χ4n) is 8.83. The average molecular weight is 703 g/mol. The zero-order valence-electron chi connectivity index (χ0n) is 30.3. The van der Waals surface area contributed by atoms with E-state index in [1.807, 2.05) is 0 Å². The summed E-state index contributed by atoms with van der Waals surface area (Å²) in [4.78, 5) is 4.77. The highest BCUT2D eigenvalue weighted by atomic mass is 15.1. The average Bonchev–Trinajstić information content (AvgIpc) is 3.27. The van der Waals surface area contributed by atoms with Crippen LogP contribution in [0, 0.1) is 0 Å². The predicted molar refractivity (Wildman–Crippen MR) is 231 cm³/mol. The van der Waals surface area contributed by atoms with Crippen LogP contribution in [-0.4, -0.2) is 0 Å². The van der Waals surface area contributed by atoms with Crippen LogP contribution in [0.5, 0.6) is 0 Å². The maximum Gasteiger partial charge on any atom is 0.0714 e. The van der Waals surface area contributed by atoms with Gasteiger partial charge < -0.3 is 9.80 Å². The van der Waals surface area contributed by atoms with Crippen molar-refractivity contribution < 1.29 is 0 Å². The van der Waals surface area contributed by atoms with Gasteiger partial charge in [-0.15, -0.1) is 0 Å². The summed E-state index contributed by atoms with van der Waals surface area (Å²) in [5.41, 5.74) is 13.6. The van der Waals surface area contributed by atoms with Crippen molar-refractivity contribution >= 4 is 44.9 Å². The number of anilines is 6. The maximum atomic E-state index is 2.45. The highest BCUT2D eigenvalue weighted by molar-refractivity contribution is 6.11. The van der Waals surface area contributed by atoms with Gasteiger partial charge in [-0.3, -0.25) is 0 Å². The smallest absolute Gasteiger partial charge is 0.0714 e. The van der Waals surface area contributed by atoms with Crippen molar-refractivity contribution in [3.05, 3.63) is 253 Å². The van der Waals surface area contributed by atoms with Crippen molar-refractivity contribution in [2.75, 3.05) is 9.80 Å². The molecule has 1 aliphatic rings. The lowest BCUT2D eigenvalue weighted by molar-refractivity contribution is 0.750. The second kappa shape index (κ2) is 13.7. The molecule has 0 N–H and O–H groups in total. The Labute approximate surface area is 322 Å². The Morgan fingerprint density at radius 2 is 0.727 bits per heavy atom. The fraction of sp³-hybridized carbons (Fsp3) is 0.0189. The molecule has 9 aromatic rings. The first-order valence-corrected chi connectivity index (χ1v) is 18.9. The van der Waals surface area contributed by atoms with Crippen LogP contribution in [0.2, 0.25) is 0 Å². The normalized spacial score (nSPS) is 12.5. The van der Waals surface area contributed by atoms with Crippen LogP contribution >= 0.6 is 0 Å². The Kier molecular flexibility index (Phi) is 8.08. The van der Waals surface area contributed by atoms with E-state index in [1.165, 1.54) is 44.2 Å². The molecule has 0 radical (unpaired) electrons. The Morgan fingerprint density at radius 1 is 0.291 bits per heavy atom. The van der Waals surface area contributed by atoms with Gasteiger partial charge in [0, 0.05) is 33.8 Å². The maximum absolute atomic E-state index is 2.45. The Balaban J connectivity index is 1.32. The molecule has 1 aliphatic carbocycles. The third-order valence-corrected chi connectivity index (χ3v) is 11.1. The molecule has 0 bridgehead atoms. The van der Waals surface area contributed by atoms with Crippen molar-refractivity contribution in [2.24, 2.45) is 0 Å². The molecule has 0 aromatic heterocycles. The third-order valence-electron chi connectivity index (χ3n) is 11.1. The molecule has 0 atom stereocenters. The second-order valence-electron chi connectivity index (χ2n) is 14.1. The molecule has 9 aromatic carbocycles. The third kappa shape index (κ3) is 5.34. The molecular weight excluding hydrogens is 665 g/mol. The summed E-state index contributed by atoms with van der Waals surface area (Å²) in [5, 5.41) is 2.48. The van der Waals surface area contributed by atoms with Crippen LogP contribution in [0.1, 0.15) is 22.3 Å². The van der Waals surface area contributed by atoms with Crippen LogP contribution in [0.3, 0.4) is 0 Å². The van der Waals surface area contributed by atoms with Crippen molar-refractivity contribution in [2.45, 2.75) is 5.41 Å². The molecule has 260 valence electrons. The number of para-hydroxylation sites is 4. The van der Waals surface area contributed by atoms with Crippen LogP contribution in [0.15, 0.2) is 231 Å². The summed E-state index contributed by atoms with van der Waals surface area (Å²) in [6.45, 7) is 0. The molecule has 2 heteroatoms. The van der Waals surface area contributed by atoms with Gasteiger partial charge in [0.25, 0.3) is 0 Å². The molecule has 0 saturated heterocycles. The standard InChI is InChI=1S/C53H38N2/c1-7-20-39(21-8-1)53(40-22-9-2-10-23-40)49-33-19-32-48-51(55(43-28-15-5-16-29-43)44-30-17-6-18-31-44)37-36-47(52(48)49)46-35-34-45(38-50(46)53)54(41-24-11-3-12-25-41)42-26-13-4-14-27-42/h1-38H. The first-order valence-electron chi connectivity index (χ1n) is 18.9. The van der Waals surface area contributed by atoms with Crippen LogP contribution in [0.25, 0.3) is 21.9 Å². The molecule has 0 spiro atoms. The quantitative estimate of drug-likeness (QED) is 0.156. The van der Waals surface area contributed by atoms with Crippen LogP contribution in [-0.2, 0) is 5.41 Å². The first-order chi connectivity index (χ1) is 27.3. The van der Waals surface area contributed by atoms with Gasteiger partial charge in [0.1, 0.15) is 0 Å². The number of hydrogen-bond acceptors (Lipinski definition) is 2. The SMILES string of the molecule is c1ccc(N(c2ccccc2)c2ccc3c(c2)C(c2ccccc2)(c2ccccc2)c2cccc4c(N(c5ccccc5)c5ccccc5)ccc-3c24)cc1. The van der Waals surface area contributed by atoms with E-state index in [4.69, 9.17) is 0 Å².